The zero-order chi connectivity index (χ0) is 19.9. The number of halogens is 2. The molecule has 0 aliphatic rings. The van der Waals surface area contributed by atoms with Gasteiger partial charge in [-0.2, -0.15) is 0 Å². The number of carbonyl (C=O) groups is 1. The lowest BCUT2D eigenvalue weighted by Crippen LogP contribution is -2.47. The highest BCUT2D eigenvalue weighted by atomic mass is 35.5. The van der Waals surface area contributed by atoms with Gasteiger partial charge in [0.25, 0.3) is 0 Å². The first kappa shape index (κ1) is 21.5. The second-order valence-electron chi connectivity index (χ2n) is 6.72. The van der Waals surface area contributed by atoms with Crippen molar-refractivity contribution in [1.29, 1.82) is 0 Å². The van der Waals surface area contributed by atoms with Gasteiger partial charge in [0.1, 0.15) is 0 Å². The third-order valence-electron chi connectivity index (χ3n) is 4.46. The Morgan fingerprint density at radius 2 is 1.85 bits per heavy atom. The van der Waals surface area contributed by atoms with E-state index in [0.717, 1.165) is 11.1 Å². The van der Waals surface area contributed by atoms with Crippen LogP contribution in [0.2, 0.25) is 10.0 Å². The van der Waals surface area contributed by atoms with Gasteiger partial charge in [0.2, 0.25) is 0 Å². The molecule has 0 saturated heterocycles. The first-order valence-corrected chi connectivity index (χ1v) is 9.43. The summed E-state index contributed by atoms with van der Waals surface area (Å²) >= 11 is 12.2. The van der Waals surface area contributed by atoms with Gasteiger partial charge in [-0.15, -0.1) is 6.58 Å². The van der Waals surface area contributed by atoms with Gasteiger partial charge < -0.3 is 4.74 Å². The van der Waals surface area contributed by atoms with Gasteiger partial charge >= 0.3 is 5.97 Å². The normalized spacial score (nSPS) is 13.2. The van der Waals surface area contributed by atoms with Crippen LogP contribution in [0.25, 0.3) is 0 Å². The third kappa shape index (κ3) is 6.39. The molecule has 0 amide bonds. The quantitative estimate of drug-likeness (QED) is 0.416. The Morgan fingerprint density at radius 3 is 2.48 bits per heavy atom. The molecule has 0 fully saturated rings. The lowest BCUT2D eigenvalue weighted by atomic mass is 9.92. The van der Waals surface area contributed by atoms with E-state index in [1.165, 1.54) is 0 Å². The Hall–Kier alpha value is -1.81. The van der Waals surface area contributed by atoms with Gasteiger partial charge in [-0.05, 0) is 43.7 Å². The molecule has 0 aliphatic heterocycles. The molecule has 1 radical (unpaired) electrons. The molecule has 3 nitrogen and oxygen atoms in total. The fraction of sp³-hybridized carbons (Fsp3) is 0.273. The smallest absolute Gasteiger partial charge is 0.310 e. The highest BCUT2D eigenvalue weighted by Gasteiger charge is 2.32. The van der Waals surface area contributed by atoms with Crippen LogP contribution in [0.1, 0.15) is 18.1 Å². The molecule has 2 aromatic carbocycles. The Labute approximate surface area is 171 Å². The molecule has 0 heterocycles. The van der Waals surface area contributed by atoms with E-state index >= 15 is 0 Å². The van der Waals surface area contributed by atoms with E-state index in [4.69, 9.17) is 27.9 Å². The minimum atomic E-state index is -0.530. The van der Waals surface area contributed by atoms with Crippen molar-refractivity contribution in [3.8, 4) is 0 Å². The van der Waals surface area contributed by atoms with Crippen molar-refractivity contribution >= 4 is 29.2 Å². The molecule has 0 aliphatic carbocycles. The minimum Gasteiger partial charge on any atom is -0.456 e. The van der Waals surface area contributed by atoms with Crippen molar-refractivity contribution in [1.82, 2.24) is 4.90 Å². The summed E-state index contributed by atoms with van der Waals surface area (Å²) in [5.41, 5.74) is 1.39. The summed E-state index contributed by atoms with van der Waals surface area (Å²) in [5, 5.41) is 1.02. The summed E-state index contributed by atoms with van der Waals surface area (Å²) in [6, 6.07) is 15.1. The number of carbonyl (C=O) groups excluding carboxylic acids is 1. The summed E-state index contributed by atoms with van der Waals surface area (Å²) in [7, 11) is 1.96. The molecular formula is C22H24Cl2NO2. The monoisotopic (exact) mass is 404 g/mol. The zero-order valence-corrected chi connectivity index (χ0v) is 17.1. The van der Waals surface area contributed by atoms with Gasteiger partial charge in [-0.25, -0.2) is 0 Å². The van der Waals surface area contributed by atoms with Gasteiger partial charge in [0.05, 0.1) is 22.0 Å². The molecular weight excluding hydrogens is 381 g/mol. The van der Waals surface area contributed by atoms with Crippen molar-refractivity contribution in [3.05, 3.63) is 89.0 Å². The Morgan fingerprint density at radius 1 is 1.15 bits per heavy atom. The maximum Gasteiger partial charge on any atom is 0.310 e. The maximum absolute atomic E-state index is 12.3. The van der Waals surface area contributed by atoms with Crippen LogP contribution >= 0.6 is 23.2 Å². The number of rotatable bonds is 9. The standard InChI is InChI=1S/C22H24Cl2NO2/c1-4-12-25(3)22(2,15-18-10-11-19(23)20(24)13-18)16-27-21(26)14-17-8-6-5-7-9-17/h4-11,13,16H,1,12,14-15H2,2-3H3/t22-/m0/s1. The molecule has 0 saturated carbocycles. The van der Waals surface area contributed by atoms with Crippen molar-refractivity contribution < 1.29 is 9.53 Å². The van der Waals surface area contributed by atoms with Gasteiger partial charge in [0, 0.05) is 6.54 Å². The van der Waals surface area contributed by atoms with Crippen LogP contribution in [-0.2, 0) is 22.4 Å². The summed E-state index contributed by atoms with van der Waals surface area (Å²) in [4.78, 5) is 14.3. The van der Waals surface area contributed by atoms with Crippen LogP contribution in [0, 0.1) is 6.61 Å². The molecule has 2 aromatic rings. The fourth-order valence-electron chi connectivity index (χ4n) is 2.73. The summed E-state index contributed by atoms with van der Waals surface area (Å²) < 4.78 is 5.51. The average molecular weight is 405 g/mol. The Kier molecular flexibility index (Phi) is 7.91. The van der Waals surface area contributed by atoms with E-state index in [0.29, 0.717) is 23.0 Å². The fourth-order valence-corrected chi connectivity index (χ4v) is 3.05. The molecule has 0 N–H and O–H groups in total. The molecule has 0 bridgehead atoms. The van der Waals surface area contributed by atoms with Crippen LogP contribution in [0.3, 0.4) is 0 Å². The molecule has 2 rings (SSSR count). The second-order valence-corrected chi connectivity index (χ2v) is 7.54. The molecule has 0 spiro atoms. The first-order valence-electron chi connectivity index (χ1n) is 8.68. The maximum atomic E-state index is 12.3. The molecule has 0 unspecified atom stereocenters. The molecule has 27 heavy (non-hydrogen) atoms. The highest BCUT2D eigenvalue weighted by Crippen LogP contribution is 2.28. The lowest BCUT2D eigenvalue weighted by molar-refractivity contribution is -0.141. The first-order chi connectivity index (χ1) is 12.8. The van der Waals surface area contributed by atoms with Crippen LogP contribution in [-0.4, -0.2) is 30.0 Å². The van der Waals surface area contributed by atoms with Crippen molar-refractivity contribution in [2.45, 2.75) is 25.3 Å². The summed E-state index contributed by atoms with van der Waals surface area (Å²) in [5.74, 6) is -0.298. The molecule has 5 heteroatoms. The SMILES string of the molecule is C=CCN(C)[C@](C)([CH]OC(=O)Cc1ccccc1)Cc1ccc(Cl)c(Cl)c1. The van der Waals surface area contributed by atoms with Crippen molar-refractivity contribution in [3.63, 3.8) is 0 Å². The highest BCUT2D eigenvalue weighted by molar-refractivity contribution is 6.42. The van der Waals surface area contributed by atoms with E-state index < -0.39 is 5.54 Å². The van der Waals surface area contributed by atoms with Crippen molar-refractivity contribution in [2.75, 3.05) is 13.6 Å². The van der Waals surface area contributed by atoms with E-state index in [9.17, 15) is 4.79 Å². The van der Waals surface area contributed by atoms with Gasteiger partial charge in [-0.1, -0.05) is 65.7 Å². The van der Waals surface area contributed by atoms with Crippen LogP contribution in [0.15, 0.2) is 61.2 Å². The molecule has 143 valence electrons. The van der Waals surface area contributed by atoms with E-state index in [1.807, 2.05) is 62.5 Å². The number of hydrogen-bond acceptors (Lipinski definition) is 3. The Bertz CT molecular complexity index is 779. The topological polar surface area (TPSA) is 29.5 Å². The molecule has 0 aromatic heterocycles. The number of benzene rings is 2. The second kappa shape index (κ2) is 9.93. The van der Waals surface area contributed by atoms with Crippen molar-refractivity contribution in [2.24, 2.45) is 0 Å². The predicted octanol–water partition coefficient (Wildman–Crippen LogP) is 5.36. The van der Waals surface area contributed by atoms with Gasteiger partial charge in [0.15, 0.2) is 6.61 Å². The number of ether oxygens (including phenoxy) is 1. The molecule has 1 atom stereocenters. The van der Waals surface area contributed by atoms with Crippen LogP contribution < -0.4 is 0 Å². The summed E-state index contributed by atoms with van der Waals surface area (Å²) in [6.45, 7) is 8.05. The minimum absolute atomic E-state index is 0.228. The summed E-state index contributed by atoms with van der Waals surface area (Å²) in [6.07, 6.45) is 2.64. The Balaban J connectivity index is 2.09. The number of hydrogen-bond donors (Lipinski definition) is 0. The zero-order valence-electron chi connectivity index (χ0n) is 15.6. The average Bonchev–Trinajstić information content (AvgIpc) is 2.64. The lowest BCUT2D eigenvalue weighted by Gasteiger charge is -2.37. The van der Waals surface area contributed by atoms with E-state index in [-0.39, 0.29) is 12.4 Å². The predicted molar refractivity (Wildman–Crippen MR) is 112 cm³/mol. The largest absolute Gasteiger partial charge is 0.456 e. The van der Waals surface area contributed by atoms with E-state index in [2.05, 4.69) is 11.5 Å². The third-order valence-corrected chi connectivity index (χ3v) is 5.20. The van der Waals surface area contributed by atoms with E-state index in [1.54, 1.807) is 12.7 Å². The van der Waals surface area contributed by atoms with Crippen LogP contribution in [0.5, 0.6) is 0 Å². The van der Waals surface area contributed by atoms with Gasteiger partial charge in [-0.3, -0.25) is 9.69 Å². The number of nitrogens with zero attached hydrogens (tertiary/aromatic N) is 1. The number of likely N-dealkylation sites (N-methyl/N-ethyl adjacent to an activating group) is 1. The number of esters is 1. The van der Waals surface area contributed by atoms with Crippen LogP contribution in [0.4, 0.5) is 0 Å².